The SMILES string of the molecule is ON=C1CCCc2c1[nH]c1ccc(I)cc21. The Morgan fingerprint density at radius 1 is 1.31 bits per heavy atom. The van der Waals surface area contributed by atoms with E-state index in [1.54, 1.807) is 0 Å². The Kier molecular flexibility index (Phi) is 2.38. The van der Waals surface area contributed by atoms with Crippen LogP contribution < -0.4 is 0 Å². The van der Waals surface area contributed by atoms with Crippen LogP contribution in [0.1, 0.15) is 24.1 Å². The van der Waals surface area contributed by atoms with E-state index in [0.29, 0.717) is 0 Å². The van der Waals surface area contributed by atoms with Crippen molar-refractivity contribution < 1.29 is 5.21 Å². The number of rotatable bonds is 0. The van der Waals surface area contributed by atoms with Gasteiger partial charge in [0.25, 0.3) is 0 Å². The predicted molar refractivity (Wildman–Crippen MR) is 72.3 cm³/mol. The molecule has 2 aromatic rings. The number of hydrogen-bond acceptors (Lipinski definition) is 2. The third-order valence-electron chi connectivity index (χ3n) is 3.12. The van der Waals surface area contributed by atoms with Crippen molar-refractivity contribution in [2.24, 2.45) is 5.16 Å². The van der Waals surface area contributed by atoms with Crippen molar-refractivity contribution in [2.45, 2.75) is 19.3 Å². The summed E-state index contributed by atoms with van der Waals surface area (Å²) in [5.41, 5.74) is 4.24. The maximum atomic E-state index is 8.98. The van der Waals surface area contributed by atoms with Gasteiger partial charge < -0.3 is 10.2 Å². The van der Waals surface area contributed by atoms with Crippen LogP contribution in [0.5, 0.6) is 0 Å². The predicted octanol–water partition coefficient (Wildman–Crippen LogP) is 3.29. The molecular formula is C12H11IN2O. The lowest BCUT2D eigenvalue weighted by molar-refractivity contribution is 0.317. The lowest BCUT2D eigenvalue weighted by Gasteiger charge is -2.12. The van der Waals surface area contributed by atoms with Gasteiger partial charge >= 0.3 is 0 Å². The van der Waals surface area contributed by atoms with Gasteiger partial charge in [0, 0.05) is 14.5 Å². The molecule has 0 amide bonds. The van der Waals surface area contributed by atoms with Gasteiger partial charge in [0.15, 0.2) is 0 Å². The van der Waals surface area contributed by atoms with Gasteiger partial charge in [-0.3, -0.25) is 0 Å². The van der Waals surface area contributed by atoms with Crippen molar-refractivity contribution in [1.82, 2.24) is 4.98 Å². The highest BCUT2D eigenvalue weighted by molar-refractivity contribution is 14.1. The zero-order chi connectivity index (χ0) is 11.1. The summed E-state index contributed by atoms with van der Waals surface area (Å²) in [6, 6.07) is 6.36. The summed E-state index contributed by atoms with van der Waals surface area (Å²) in [6.45, 7) is 0. The Morgan fingerprint density at radius 2 is 2.19 bits per heavy atom. The molecule has 0 unspecified atom stereocenters. The third-order valence-corrected chi connectivity index (χ3v) is 3.79. The molecule has 0 bridgehead atoms. The molecule has 1 aromatic carbocycles. The first kappa shape index (κ1) is 10.1. The molecule has 0 radical (unpaired) electrons. The van der Waals surface area contributed by atoms with Gasteiger partial charge in [0.2, 0.25) is 0 Å². The number of benzene rings is 1. The molecule has 0 atom stereocenters. The van der Waals surface area contributed by atoms with E-state index in [-0.39, 0.29) is 0 Å². The highest BCUT2D eigenvalue weighted by atomic mass is 127. The van der Waals surface area contributed by atoms with E-state index < -0.39 is 0 Å². The Bertz CT molecular complexity index is 586. The molecule has 3 rings (SSSR count). The van der Waals surface area contributed by atoms with Gasteiger partial charge in [0.1, 0.15) is 5.71 Å². The zero-order valence-corrected chi connectivity index (χ0v) is 10.8. The molecule has 16 heavy (non-hydrogen) atoms. The first-order valence-corrected chi connectivity index (χ1v) is 6.39. The smallest absolute Gasteiger partial charge is 0.103 e. The monoisotopic (exact) mass is 326 g/mol. The minimum Gasteiger partial charge on any atom is -0.411 e. The van der Waals surface area contributed by atoms with Crippen LogP contribution >= 0.6 is 22.6 Å². The molecular weight excluding hydrogens is 315 g/mol. The van der Waals surface area contributed by atoms with Crippen LogP contribution in [0.15, 0.2) is 23.4 Å². The number of halogens is 1. The Balaban J connectivity index is 2.33. The number of fused-ring (bicyclic) bond motifs is 3. The molecule has 3 nitrogen and oxygen atoms in total. The van der Waals surface area contributed by atoms with Gasteiger partial charge in [0.05, 0.1) is 5.69 Å². The molecule has 1 aliphatic rings. The van der Waals surface area contributed by atoms with Crippen molar-refractivity contribution in [2.75, 3.05) is 0 Å². The summed E-state index contributed by atoms with van der Waals surface area (Å²) in [7, 11) is 0. The standard InChI is InChI=1S/C12H11IN2O/c13-7-4-5-10-9(6-7)8-2-1-3-11(15-16)12(8)14-10/h4-6,14,16H,1-3H2. The summed E-state index contributed by atoms with van der Waals surface area (Å²) in [6.07, 6.45) is 2.98. The lowest BCUT2D eigenvalue weighted by Crippen LogP contribution is -2.10. The number of aromatic amines is 1. The van der Waals surface area contributed by atoms with Gasteiger partial charge in [-0.05, 0) is 65.6 Å². The molecule has 0 saturated heterocycles. The van der Waals surface area contributed by atoms with E-state index in [9.17, 15) is 0 Å². The fourth-order valence-corrected chi connectivity index (χ4v) is 2.87. The molecule has 1 heterocycles. The molecule has 82 valence electrons. The van der Waals surface area contributed by atoms with Crippen LogP contribution in [-0.4, -0.2) is 15.9 Å². The average molecular weight is 326 g/mol. The number of aryl methyl sites for hydroxylation is 1. The van der Waals surface area contributed by atoms with Crippen LogP contribution in [0.2, 0.25) is 0 Å². The molecule has 0 saturated carbocycles. The number of aromatic nitrogens is 1. The Labute approximate surface area is 107 Å². The number of nitrogens with one attached hydrogen (secondary N) is 1. The maximum absolute atomic E-state index is 8.98. The van der Waals surface area contributed by atoms with E-state index in [1.807, 2.05) is 0 Å². The summed E-state index contributed by atoms with van der Waals surface area (Å²) in [4.78, 5) is 3.35. The van der Waals surface area contributed by atoms with Crippen LogP contribution in [-0.2, 0) is 6.42 Å². The average Bonchev–Trinajstić information content (AvgIpc) is 2.67. The topological polar surface area (TPSA) is 48.4 Å². The largest absolute Gasteiger partial charge is 0.411 e. The first-order valence-electron chi connectivity index (χ1n) is 5.31. The van der Waals surface area contributed by atoms with Gasteiger partial charge in [-0.15, -0.1) is 0 Å². The lowest BCUT2D eigenvalue weighted by atomic mass is 9.94. The third kappa shape index (κ3) is 1.43. The van der Waals surface area contributed by atoms with Crippen LogP contribution in [0.4, 0.5) is 0 Å². The zero-order valence-electron chi connectivity index (χ0n) is 8.63. The highest BCUT2D eigenvalue weighted by Gasteiger charge is 2.20. The Hall–Kier alpha value is -1.04. The molecule has 1 aliphatic carbocycles. The van der Waals surface area contributed by atoms with E-state index in [2.05, 4.69) is 50.9 Å². The van der Waals surface area contributed by atoms with E-state index in [0.717, 1.165) is 36.2 Å². The van der Waals surface area contributed by atoms with Gasteiger partial charge in [-0.25, -0.2) is 0 Å². The van der Waals surface area contributed by atoms with E-state index >= 15 is 0 Å². The van der Waals surface area contributed by atoms with Gasteiger partial charge in [-0.1, -0.05) is 5.16 Å². The highest BCUT2D eigenvalue weighted by Crippen LogP contribution is 2.30. The van der Waals surface area contributed by atoms with Crippen molar-refractivity contribution in [1.29, 1.82) is 0 Å². The number of nitrogens with zero attached hydrogens (tertiary/aromatic N) is 1. The fraction of sp³-hybridized carbons (Fsp3) is 0.250. The fourth-order valence-electron chi connectivity index (χ4n) is 2.38. The van der Waals surface area contributed by atoms with Crippen molar-refractivity contribution in [3.63, 3.8) is 0 Å². The second kappa shape index (κ2) is 3.76. The number of H-pyrrole nitrogens is 1. The van der Waals surface area contributed by atoms with Gasteiger partial charge in [-0.2, -0.15) is 0 Å². The van der Waals surface area contributed by atoms with E-state index in [1.165, 1.54) is 14.5 Å². The molecule has 2 N–H and O–H groups in total. The minimum absolute atomic E-state index is 0.785. The molecule has 4 heteroatoms. The molecule has 0 aliphatic heterocycles. The number of oxime groups is 1. The quantitative estimate of drug-likeness (QED) is 0.436. The number of hydrogen-bond donors (Lipinski definition) is 2. The summed E-state index contributed by atoms with van der Waals surface area (Å²) >= 11 is 2.32. The van der Waals surface area contributed by atoms with Crippen LogP contribution in [0.3, 0.4) is 0 Å². The second-order valence-electron chi connectivity index (χ2n) is 4.07. The Morgan fingerprint density at radius 3 is 3.00 bits per heavy atom. The molecule has 0 spiro atoms. The normalized spacial score (nSPS) is 17.9. The van der Waals surface area contributed by atoms with E-state index in [4.69, 9.17) is 5.21 Å². The van der Waals surface area contributed by atoms with Crippen LogP contribution in [0, 0.1) is 3.57 Å². The van der Waals surface area contributed by atoms with Crippen molar-refractivity contribution >= 4 is 39.2 Å². The van der Waals surface area contributed by atoms with Crippen molar-refractivity contribution in [3.05, 3.63) is 33.0 Å². The van der Waals surface area contributed by atoms with Crippen LogP contribution in [0.25, 0.3) is 10.9 Å². The second-order valence-corrected chi connectivity index (χ2v) is 5.31. The molecule has 1 aromatic heterocycles. The maximum Gasteiger partial charge on any atom is 0.103 e. The van der Waals surface area contributed by atoms with Crippen molar-refractivity contribution in [3.8, 4) is 0 Å². The molecule has 0 fully saturated rings. The first-order chi connectivity index (χ1) is 7.79. The summed E-state index contributed by atoms with van der Waals surface area (Å²) in [5.74, 6) is 0. The summed E-state index contributed by atoms with van der Waals surface area (Å²) in [5, 5.41) is 13.6. The minimum atomic E-state index is 0.785. The summed E-state index contributed by atoms with van der Waals surface area (Å²) < 4.78 is 1.24.